The van der Waals surface area contributed by atoms with Crippen molar-refractivity contribution in [2.24, 2.45) is 18.9 Å². The molecular weight excluding hydrogens is 386 g/mol. The molecule has 1 heterocycles. The topological polar surface area (TPSA) is 3.88 Å². The molecule has 32 heavy (non-hydrogen) atoms. The molecule has 0 saturated heterocycles. The molecule has 0 radical (unpaired) electrons. The average molecular weight is 415 g/mol. The lowest BCUT2D eigenvalue weighted by Gasteiger charge is -2.43. The SMILES string of the molecule is Cc1ccc(-c2cccc3c2C2C=CC=CC2C2C=CC=CC32)cc1-c1cccc[n+]1C. The van der Waals surface area contributed by atoms with Gasteiger partial charge < -0.3 is 0 Å². The van der Waals surface area contributed by atoms with E-state index in [0.29, 0.717) is 23.7 Å². The molecule has 1 heteroatoms. The molecule has 0 fully saturated rings. The van der Waals surface area contributed by atoms with E-state index in [4.69, 9.17) is 0 Å². The summed E-state index contributed by atoms with van der Waals surface area (Å²) >= 11 is 0. The van der Waals surface area contributed by atoms with Crippen LogP contribution in [0.1, 0.15) is 28.5 Å². The molecule has 0 bridgehead atoms. The van der Waals surface area contributed by atoms with Crippen molar-refractivity contribution in [3.05, 3.63) is 126 Å². The lowest BCUT2D eigenvalue weighted by molar-refractivity contribution is -0.660. The van der Waals surface area contributed by atoms with Gasteiger partial charge in [-0.2, -0.15) is 0 Å². The van der Waals surface area contributed by atoms with Crippen LogP contribution in [0.5, 0.6) is 0 Å². The molecule has 1 aromatic heterocycles. The monoisotopic (exact) mass is 414 g/mol. The first-order valence-electron chi connectivity index (χ1n) is 11.6. The third-order valence-electron chi connectivity index (χ3n) is 7.51. The van der Waals surface area contributed by atoms with E-state index in [-0.39, 0.29) is 0 Å². The quantitative estimate of drug-likeness (QED) is 0.405. The molecule has 156 valence electrons. The second kappa shape index (κ2) is 7.60. The van der Waals surface area contributed by atoms with Crippen LogP contribution in [-0.2, 0) is 7.05 Å². The number of nitrogens with zero attached hydrogens (tertiary/aromatic N) is 1. The molecule has 4 unspecified atom stereocenters. The number of pyridine rings is 1. The fraction of sp³-hybridized carbons (Fsp3) is 0.194. The summed E-state index contributed by atoms with van der Waals surface area (Å²) in [5, 5.41) is 0. The lowest BCUT2D eigenvalue weighted by Crippen LogP contribution is -2.32. The van der Waals surface area contributed by atoms with E-state index in [0.717, 1.165) is 0 Å². The van der Waals surface area contributed by atoms with Gasteiger partial charge in [-0.05, 0) is 58.7 Å². The fourth-order valence-corrected chi connectivity index (χ4v) is 5.95. The van der Waals surface area contributed by atoms with Crippen LogP contribution < -0.4 is 4.57 Å². The predicted molar refractivity (Wildman–Crippen MR) is 132 cm³/mol. The van der Waals surface area contributed by atoms with Crippen molar-refractivity contribution < 1.29 is 4.57 Å². The summed E-state index contributed by atoms with van der Waals surface area (Å²) in [6.45, 7) is 2.21. The first-order chi connectivity index (χ1) is 15.7. The predicted octanol–water partition coefficient (Wildman–Crippen LogP) is 6.82. The Bertz CT molecular complexity index is 1320. The molecule has 0 aliphatic heterocycles. The molecule has 3 aliphatic rings. The standard InChI is InChI=1S/C31H28N/c1-21-17-18-22(20-29(21)30-16-7-8-19-32(30)2)23-14-9-15-28-26-11-4-3-10-24(26)25-12-5-6-13-27(25)31(23)28/h3-20,24-27H,1-2H3/q+1. The maximum atomic E-state index is 2.43. The zero-order chi connectivity index (χ0) is 21.7. The minimum Gasteiger partial charge on any atom is -0.201 e. The molecule has 3 aliphatic carbocycles. The largest absolute Gasteiger partial charge is 0.212 e. The second-order valence-electron chi connectivity index (χ2n) is 9.28. The van der Waals surface area contributed by atoms with Gasteiger partial charge in [0.2, 0.25) is 5.69 Å². The molecule has 0 spiro atoms. The highest BCUT2D eigenvalue weighted by molar-refractivity contribution is 5.77. The van der Waals surface area contributed by atoms with Gasteiger partial charge in [0.05, 0.1) is 0 Å². The van der Waals surface area contributed by atoms with Crippen molar-refractivity contribution in [3.63, 3.8) is 0 Å². The molecule has 1 nitrogen and oxygen atoms in total. The van der Waals surface area contributed by atoms with Crippen LogP contribution in [-0.4, -0.2) is 0 Å². The van der Waals surface area contributed by atoms with Gasteiger partial charge in [-0.3, -0.25) is 0 Å². The summed E-state index contributed by atoms with van der Waals surface area (Å²) in [6.07, 6.45) is 20.7. The van der Waals surface area contributed by atoms with Crippen molar-refractivity contribution in [2.45, 2.75) is 18.8 Å². The molecule has 6 rings (SSSR count). The van der Waals surface area contributed by atoms with Crippen molar-refractivity contribution in [1.29, 1.82) is 0 Å². The van der Waals surface area contributed by atoms with Crippen LogP contribution >= 0.6 is 0 Å². The number of aromatic nitrogens is 1. The summed E-state index contributed by atoms with van der Waals surface area (Å²) in [7, 11) is 2.12. The maximum Gasteiger partial charge on any atom is 0.212 e. The number of rotatable bonds is 2. The third kappa shape index (κ3) is 2.96. The van der Waals surface area contributed by atoms with E-state index < -0.39 is 0 Å². The summed E-state index contributed by atoms with van der Waals surface area (Å²) < 4.78 is 2.21. The van der Waals surface area contributed by atoms with Crippen LogP contribution in [0.2, 0.25) is 0 Å². The second-order valence-corrected chi connectivity index (χ2v) is 9.28. The van der Waals surface area contributed by atoms with Crippen LogP contribution in [0.3, 0.4) is 0 Å². The van der Waals surface area contributed by atoms with E-state index in [1.807, 2.05) is 0 Å². The van der Waals surface area contributed by atoms with E-state index in [2.05, 4.69) is 128 Å². The molecular formula is C31H28N+. The smallest absolute Gasteiger partial charge is 0.201 e. The summed E-state index contributed by atoms with van der Waals surface area (Å²) in [5.41, 5.74) is 9.52. The molecule has 0 amide bonds. The van der Waals surface area contributed by atoms with Crippen LogP contribution in [0.15, 0.2) is 109 Å². The number of hydrogen-bond donors (Lipinski definition) is 0. The Labute approximate surface area is 190 Å². The molecule has 2 aromatic carbocycles. The fourth-order valence-electron chi connectivity index (χ4n) is 5.95. The first-order valence-corrected chi connectivity index (χ1v) is 11.6. The summed E-state index contributed by atoms with van der Waals surface area (Å²) in [4.78, 5) is 0. The van der Waals surface area contributed by atoms with Crippen molar-refractivity contribution in [3.8, 4) is 22.4 Å². The number of fused-ring (bicyclic) bond motifs is 6. The Kier molecular flexibility index (Phi) is 4.57. The van der Waals surface area contributed by atoms with E-state index in [1.54, 1.807) is 0 Å². The Morgan fingerprint density at radius 1 is 0.688 bits per heavy atom. The maximum absolute atomic E-state index is 2.43. The summed E-state index contributed by atoms with van der Waals surface area (Å²) in [5.74, 6) is 1.91. The molecule has 3 aromatic rings. The minimum absolute atomic E-state index is 0.418. The van der Waals surface area contributed by atoms with Gasteiger partial charge in [0, 0.05) is 29.5 Å². The third-order valence-corrected chi connectivity index (χ3v) is 7.51. The first kappa shape index (κ1) is 19.3. The van der Waals surface area contributed by atoms with E-state index in [9.17, 15) is 0 Å². The molecule has 0 N–H and O–H groups in total. The van der Waals surface area contributed by atoms with Gasteiger partial charge in [-0.15, -0.1) is 0 Å². The average Bonchev–Trinajstić information content (AvgIpc) is 2.85. The van der Waals surface area contributed by atoms with Crippen LogP contribution in [0.25, 0.3) is 22.4 Å². The Morgan fingerprint density at radius 3 is 2.25 bits per heavy atom. The van der Waals surface area contributed by atoms with Crippen LogP contribution in [0, 0.1) is 18.8 Å². The number of benzene rings is 2. The van der Waals surface area contributed by atoms with Gasteiger partial charge in [-0.1, -0.05) is 78.9 Å². The van der Waals surface area contributed by atoms with Crippen molar-refractivity contribution in [1.82, 2.24) is 0 Å². The van der Waals surface area contributed by atoms with Gasteiger partial charge in [0.15, 0.2) is 6.20 Å². The van der Waals surface area contributed by atoms with Crippen LogP contribution in [0.4, 0.5) is 0 Å². The molecule has 0 saturated carbocycles. The number of hydrogen-bond acceptors (Lipinski definition) is 0. The van der Waals surface area contributed by atoms with Gasteiger partial charge in [-0.25, -0.2) is 4.57 Å². The Morgan fingerprint density at radius 2 is 1.44 bits per heavy atom. The lowest BCUT2D eigenvalue weighted by atomic mass is 9.60. The van der Waals surface area contributed by atoms with E-state index in [1.165, 1.54) is 39.1 Å². The van der Waals surface area contributed by atoms with Crippen molar-refractivity contribution >= 4 is 0 Å². The van der Waals surface area contributed by atoms with Gasteiger partial charge >= 0.3 is 0 Å². The number of allylic oxidation sites excluding steroid dienone is 8. The summed E-state index contributed by atoms with van der Waals surface area (Å²) in [6, 6.07) is 20.3. The zero-order valence-corrected chi connectivity index (χ0v) is 18.6. The Hall–Kier alpha value is -3.45. The Balaban J connectivity index is 1.56. The van der Waals surface area contributed by atoms with Crippen molar-refractivity contribution in [2.75, 3.05) is 0 Å². The van der Waals surface area contributed by atoms with Gasteiger partial charge in [0.1, 0.15) is 7.05 Å². The number of aryl methyl sites for hydroxylation is 2. The minimum atomic E-state index is 0.418. The normalized spacial score (nSPS) is 24.7. The molecule has 4 atom stereocenters. The van der Waals surface area contributed by atoms with E-state index >= 15 is 0 Å². The highest BCUT2D eigenvalue weighted by Crippen LogP contribution is 2.53. The highest BCUT2D eigenvalue weighted by Gasteiger charge is 2.40. The zero-order valence-electron chi connectivity index (χ0n) is 18.6. The highest BCUT2D eigenvalue weighted by atomic mass is 14.9. The van der Waals surface area contributed by atoms with Gasteiger partial charge in [0.25, 0.3) is 0 Å².